The molecule has 0 radical (unpaired) electrons. The summed E-state index contributed by atoms with van der Waals surface area (Å²) in [4.78, 5) is 43.0. The van der Waals surface area contributed by atoms with E-state index in [9.17, 15) is 18.8 Å². The molecule has 2 heterocycles. The van der Waals surface area contributed by atoms with Gasteiger partial charge in [0.15, 0.2) is 0 Å². The van der Waals surface area contributed by atoms with Crippen molar-refractivity contribution in [3.63, 3.8) is 0 Å². The standard InChI is InChI=1S/C26H31FN4O4/c1-2-35-26(34)19-4-8-22(9-5-19)31-24(32)18-23(25(31)33)28-12-3-13-29-14-16-30(17-15-29)21-10-6-20(27)7-11-21/h4-11,23,28H,2-3,12-18H2,1H3/t23-/m1/s1. The number of imide groups is 1. The zero-order chi connectivity index (χ0) is 24.8. The summed E-state index contributed by atoms with van der Waals surface area (Å²) < 4.78 is 18.1. The smallest absolute Gasteiger partial charge is 0.338 e. The van der Waals surface area contributed by atoms with Gasteiger partial charge in [-0.2, -0.15) is 0 Å². The molecule has 0 aromatic heterocycles. The maximum absolute atomic E-state index is 13.1. The van der Waals surface area contributed by atoms with Gasteiger partial charge in [-0.3, -0.25) is 14.5 Å². The van der Waals surface area contributed by atoms with Crippen LogP contribution in [0.3, 0.4) is 0 Å². The Labute approximate surface area is 204 Å². The van der Waals surface area contributed by atoms with Crippen LogP contribution in [0.5, 0.6) is 0 Å². The third-order valence-corrected chi connectivity index (χ3v) is 6.39. The lowest BCUT2D eigenvalue weighted by Crippen LogP contribution is -2.47. The van der Waals surface area contributed by atoms with Crippen LogP contribution in [0.2, 0.25) is 0 Å². The molecule has 186 valence electrons. The third kappa shape index (κ3) is 6.04. The Morgan fingerprint density at radius 2 is 1.66 bits per heavy atom. The lowest BCUT2D eigenvalue weighted by atomic mass is 10.2. The van der Waals surface area contributed by atoms with E-state index in [2.05, 4.69) is 15.1 Å². The van der Waals surface area contributed by atoms with Gasteiger partial charge >= 0.3 is 5.97 Å². The van der Waals surface area contributed by atoms with Gasteiger partial charge in [0.1, 0.15) is 5.82 Å². The number of hydrogen-bond acceptors (Lipinski definition) is 7. The first-order valence-corrected chi connectivity index (χ1v) is 12.1. The fraction of sp³-hybridized carbons (Fsp3) is 0.423. The van der Waals surface area contributed by atoms with E-state index >= 15 is 0 Å². The lowest BCUT2D eigenvalue weighted by Gasteiger charge is -2.36. The zero-order valence-corrected chi connectivity index (χ0v) is 19.9. The maximum atomic E-state index is 13.1. The summed E-state index contributed by atoms with van der Waals surface area (Å²) in [6, 6.07) is 12.4. The number of carbonyl (C=O) groups is 3. The molecule has 2 aromatic rings. The second kappa shape index (κ2) is 11.4. The van der Waals surface area contributed by atoms with Crippen molar-refractivity contribution >= 4 is 29.2 Å². The lowest BCUT2D eigenvalue weighted by molar-refractivity contribution is -0.121. The highest BCUT2D eigenvalue weighted by Crippen LogP contribution is 2.24. The van der Waals surface area contributed by atoms with Crippen LogP contribution in [0, 0.1) is 5.82 Å². The van der Waals surface area contributed by atoms with E-state index in [0.29, 0.717) is 17.8 Å². The highest BCUT2D eigenvalue weighted by molar-refractivity contribution is 6.22. The average Bonchev–Trinajstić information content (AvgIpc) is 3.15. The number of nitrogens with zero attached hydrogens (tertiary/aromatic N) is 3. The van der Waals surface area contributed by atoms with Crippen molar-refractivity contribution < 1.29 is 23.5 Å². The van der Waals surface area contributed by atoms with Crippen LogP contribution in [0.1, 0.15) is 30.1 Å². The summed E-state index contributed by atoms with van der Waals surface area (Å²) in [5.74, 6) is -1.19. The van der Waals surface area contributed by atoms with E-state index in [1.807, 2.05) is 12.1 Å². The van der Waals surface area contributed by atoms with Crippen LogP contribution in [0.25, 0.3) is 0 Å². The average molecular weight is 483 g/mol. The van der Waals surface area contributed by atoms with Crippen LogP contribution in [-0.2, 0) is 14.3 Å². The molecule has 0 unspecified atom stereocenters. The molecule has 0 aliphatic carbocycles. The molecule has 0 saturated carbocycles. The Balaban J connectivity index is 1.20. The number of anilines is 2. The zero-order valence-electron chi connectivity index (χ0n) is 19.9. The van der Waals surface area contributed by atoms with E-state index < -0.39 is 12.0 Å². The number of amides is 2. The van der Waals surface area contributed by atoms with Gasteiger partial charge in [-0.1, -0.05) is 0 Å². The number of ether oxygens (including phenoxy) is 1. The molecule has 1 atom stereocenters. The van der Waals surface area contributed by atoms with Gasteiger partial charge in [0.25, 0.3) is 5.91 Å². The fourth-order valence-electron chi connectivity index (χ4n) is 4.48. The van der Waals surface area contributed by atoms with Crippen molar-refractivity contribution in [2.75, 3.05) is 55.7 Å². The minimum absolute atomic E-state index is 0.120. The van der Waals surface area contributed by atoms with Gasteiger partial charge in [0.05, 0.1) is 30.3 Å². The molecule has 4 rings (SSSR count). The summed E-state index contributed by atoms with van der Waals surface area (Å²) in [5, 5.41) is 3.23. The highest BCUT2D eigenvalue weighted by atomic mass is 19.1. The monoisotopic (exact) mass is 482 g/mol. The van der Waals surface area contributed by atoms with Crippen molar-refractivity contribution in [2.45, 2.75) is 25.8 Å². The van der Waals surface area contributed by atoms with Crippen LogP contribution in [0.15, 0.2) is 48.5 Å². The first-order valence-electron chi connectivity index (χ1n) is 12.1. The fourth-order valence-corrected chi connectivity index (χ4v) is 4.48. The molecule has 35 heavy (non-hydrogen) atoms. The van der Waals surface area contributed by atoms with Gasteiger partial charge < -0.3 is 15.0 Å². The molecule has 2 amide bonds. The van der Waals surface area contributed by atoms with Crippen LogP contribution in [0.4, 0.5) is 15.8 Å². The number of carbonyl (C=O) groups excluding carboxylic acids is 3. The third-order valence-electron chi connectivity index (χ3n) is 6.39. The summed E-state index contributed by atoms with van der Waals surface area (Å²) in [5.41, 5.74) is 1.87. The minimum atomic E-state index is -0.539. The number of hydrogen-bond donors (Lipinski definition) is 1. The summed E-state index contributed by atoms with van der Waals surface area (Å²) in [6.45, 7) is 7.18. The maximum Gasteiger partial charge on any atom is 0.338 e. The Bertz CT molecular complexity index is 1040. The number of esters is 1. The second-order valence-corrected chi connectivity index (χ2v) is 8.70. The van der Waals surface area contributed by atoms with E-state index in [1.54, 1.807) is 31.2 Å². The number of benzene rings is 2. The second-order valence-electron chi connectivity index (χ2n) is 8.70. The van der Waals surface area contributed by atoms with Gasteiger partial charge in [-0.05, 0) is 75.0 Å². The number of halogens is 1. The molecule has 0 spiro atoms. The molecule has 1 N–H and O–H groups in total. The summed E-state index contributed by atoms with van der Waals surface area (Å²) >= 11 is 0. The highest BCUT2D eigenvalue weighted by Gasteiger charge is 2.39. The van der Waals surface area contributed by atoms with E-state index in [4.69, 9.17) is 4.74 Å². The van der Waals surface area contributed by atoms with Crippen molar-refractivity contribution in [3.05, 3.63) is 59.9 Å². The van der Waals surface area contributed by atoms with Gasteiger partial charge in [0.2, 0.25) is 5.91 Å². The predicted octanol–water partition coefficient (Wildman–Crippen LogP) is 2.44. The SMILES string of the molecule is CCOC(=O)c1ccc(N2C(=O)C[C@@H](NCCCN3CCN(c4ccc(F)cc4)CC3)C2=O)cc1. The predicted molar refractivity (Wildman–Crippen MR) is 131 cm³/mol. The normalized spacial score (nSPS) is 18.9. The Kier molecular flexibility index (Phi) is 8.09. The van der Waals surface area contributed by atoms with Crippen molar-refractivity contribution in [1.29, 1.82) is 0 Å². The number of rotatable bonds is 9. The van der Waals surface area contributed by atoms with E-state index in [1.165, 1.54) is 17.0 Å². The molecule has 2 aliphatic rings. The minimum Gasteiger partial charge on any atom is -0.462 e. The quantitative estimate of drug-likeness (QED) is 0.334. The number of nitrogens with one attached hydrogen (secondary N) is 1. The topological polar surface area (TPSA) is 82.2 Å². The Morgan fingerprint density at radius 1 is 1.00 bits per heavy atom. The van der Waals surface area contributed by atoms with Gasteiger partial charge in [-0.25, -0.2) is 14.1 Å². The molecule has 2 aromatic carbocycles. The first-order chi connectivity index (χ1) is 17.0. The van der Waals surface area contributed by atoms with E-state index in [-0.39, 0.29) is 30.7 Å². The molecular formula is C26H31FN4O4. The number of piperazine rings is 1. The van der Waals surface area contributed by atoms with Gasteiger partial charge in [0, 0.05) is 31.9 Å². The molecule has 0 bridgehead atoms. The van der Waals surface area contributed by atoms with Crippen LogP contribution >= 0.6 is 0 Å². The largest absolute Gasteiger partial charge is 0.462 e. The van der Waals surface area contributed by atoms with Crippen molar-refractivity contribution in [2.24, 2.45) is 0 Å². The molecule has 9 heteroatoms. The Hall–Kier alpha value is -3.30. The van der Waals surface area contributed by atoms with Gasteiger partial charge in [-0.15, -0.1) is 0 Å². The van der Waals surface area contributed by atoms with Crippen LogP contribution in [-0.4, -0.2) is 74.6 Å². The molecule has 2 saturated heterocycles. The summed E-state index contributed by atoms with van der Waals surface area (Å²) in [7, 11) is 0. The molecule has 2 aliphatic heterocycles. The van der Waals surface area contributed by atoms with Crippen molar-refractivity contribution in [1.82, 2.24) is 10.2 Å². The molecule has 2 fully saturated rings. The molecule has 8 nitrogen and oxygen atoms in total. The summed E-state index contributed by atoms with van der Waals surface area (Å²) in [6.07, 6.45) is 0.984. The molecular weight excluding hydrogens is 451 g/mol. The van der Waals surface area contributed by atoms with E-state index in [0.717, 1.165) is 44.8 Å². The van der Waals surface area contributed by atoms with Crippen LogP contribution < -0.4 is 15.1 Å². The Morgan fingerprint density at radius 3 is 2.31 bits per heavy atom. The van der Waals surface area contributed by atoms with Crippen molar-refractivity contribution in [3.8, 4) is 0 Å². The first kappa shape index (κ1) is 24.8.